The van der Waals surface area contributed by atoms with Crippen LogP contribution < -0.4 is 5.32 Å². The van der Waals surface area contributed by atoms with Gasteiger partial charge in [0.15, 0.2) is 6.61 Å². The summed E-state index contributed by atoms with van der Waals surface area (Å²) in [6, 6.07) is 21.1. The number of thiophene rings is 1. The van der Waals surface area contributed by atoms with Gasteiger partial charge in [0.05, 0.1) is 0 Å². The Bertz CT molecular complexity index is 902. The molecule has 26 heavy (non-hydrogen) atoms. The van der Waals surface area contributed by atoms with Gasteiger partial charge in [-0.3, -0.25) is 4.79 Å². The molecule has 3 aromatic rings. The molecule has 0 saturated heterocycles. The van der Waals surface area contributed by atoms with Crippen LogP contribution in [0.2, 0.25) is 0 Å². The number of esters is 1. The lowest BCUT2D eigenvalue weighted by atomic mass is 10.0. The summed E-state index contributed by atoms with van der Waals surface area (Å²) < 4.78 is 4.99. The Balaban J connectivity index is 1.58. The zero-order valence-corrected chi connectivity index (χ0v) is 14.7. The molecule has 1 N–H and O–H groups in total. The van der Waals surface area contributed by atoms with Crippen molar-refractivity contribution in [3.05, 3.63) is 83.1 Å². The van der Waals surface area contributed by atoms with Gasteiger partial charge in [0.25, 0.3) is 5.91 Å². The van der Waals surface area contributed by atoms with E-state index >= 15 is 0 Å². The van der Waals surface area contributed by atoms with E-state index in [1.54, 1.807) is 6.08 Å². The number of carbonyl (C=O) groups excluding carboxylic acids is 2. The number of nitrogens with one attached hydrogen (secondary N) is 1. The second-order valence-electron chi connectivity index (χ2n) is 5.42. The zero-order valence-electron chi connectivity index (χ0n) is 13.9. The number of benzene rings is 2. The molecule has 1 amide bonds. The second-order valence-corrected chi connectivity index (χ2v) is 6.40. The molecule has 0 bridgehead atoms. The van der Waals surface area contributed by atoms with Gasteiger partial charge >= 0.3 is 5.97 Å². The zero-order chi connectivity index (χ0) is 18.2. The van der Waals surface area contributed by atoms with Crippen molar-refractivity contribution in [1.82, 2.24) is 0 Å². The molecule has 0 fully saturated rings. The summed E-state index contributed by atoms with van der Waals surface area (Å²) in [4.78, 5) is 24.8. The summed E-state index contributed by atoms with van der Waals surface area (Å²) in [6.45, 7) is -0.337. The number of rotatable bonds is 6. The summed E-state index contributed by atoms with van der Waals surface area (Å²) in [5.41, 5.74) is 2.58. The van der Waals surface area contributed by atoms with Gasteiger partial charge in [-0.1, -0.05) is 54.6 Å². The first-order valence-electron chi connectivity index (χ1n) is 8.05. The van der Waals surface area contributed by atoms with Crippen molar-refractivity contribution in [2.75, 3.05) is 11.9 Å². The van der Waals surface area contributed by atoms with E-state index in [4.69, 9.17) is 4.74 Å². The molecule has 0 unspecified atom stereocenters. The molecule has 4 nitrogen and oxygen atoms in total. The molecule has 0 spiro atoms. The van der Waals surface area contributed by atoms with Crippen molar-refractivity contribution >= 4 is 35.0 Å². The number of amides is 1. The number of hydrogen-bond acceptors (Lipinski definition) is 4. The molecule has 0 aliphatic heterocycles. The van der Waals surface area contributed by atoms with Crippen LogP contribution in [-0.2, 0) is 14.3 Å². The van der Waals surface area contributed by atoms with E-state index in [0.29, 0.717) is 5.69 Å². The van der Waals surface area contributed by atoms with Gasteiger partial charge in [0, 0.05) is 22.2 Å². The molecule has 130 valence electrons. The highest BCUT2D eigenvalue weighted by atomic mass is 32.1. The van der Waals surface area contributed by atoms with Gasteiger partial charge in [-0.25, -0.2) is 4.79 Å². The Kier molecular flexibility index (Phi) is 5.96. The molecule has 1 aromatic heterocycles. The van der Waals surface area contributed by atoms with Crippen molar-refractivity contribution < 1.29 is 14.3 Å². The van der Waals surface area contributed by atoms with Gasteiger partial charge in [-0.2, -0.15) is 0 Å². The molecule has 0 radical (unpaired) electrons. The van der Waals surface area contributed by atoms with E-state index in [9.17, 15) is 9.59 Å². The van der Waals surface area contributed by atoms with E-state index in [0.717, 1.165) is 16.0 Å². The Morgan fingerprint density at radius 1 is 0.962 bits per heavy atom. The first-order chi connectivity index (χ1) is 12.7. The average Bonchev–Trinajstić information content (AvgIpc) is 3.19. The number of para-hydroxylation sites is 1. The quantitative estimate of drug-likeness (QED) is 0.514. The fraction of sp³-hybridized carbons (Fsp3) is 0.0476. The van der Waals surface area contributed by atoms with Crippen LogP contribution in [0, 0.1) is 0 Å². The van der Waals surface area contributed by atoms with Gasteiger partial charge in [0.2, 0.25) is 0 Å². The predicted octanol–water partition coefficient (Wildman–Crippen LogP) is 4.61. The Morgan fingerprint density at radius 2 is 1.73 bits per heavy atom. The number of anilines is 1. The van der Waals surface area contributed by atoms with Gasteiger partial charge in [0.1, 0.15) is 0 Å². The Labute approximate surface area is 155 Å². The van der Waals surface area contributed by atoms with E-state index in [1.807, 2.05) is 72.1 Å². The molecular formula is C21H17NO3S. The predicted molar refractivity (Wildman–Crippen MR) is 105 cm³/mol. The van der Waals surface area contributed by atoms with E-state index in [1.165, 1.54) is 17.4 Å². The van der Waals surface area contributed by atoms with Crippen molar-refractivity contribution in [3.63, 3.8) is 0 Å². The maximum atomic E-state index is 12.1. The third kappa shape index (κ3) is 4.91. The largest absolute Gasteiger partial charge is 0.452 e. The van der Waals surface area contributed by atoms with Crippen molar-refractivity contribution in [2.45, 2.75) is 0 Å². The lowest BCUT2D eigenvalue weighted by Gasteiger charge is -2.11. The normalized spacial score (nSPS) is 10.6. The van der Waals surface area contributed by atoms with Crippen molar-refractivity contribution in [2.24, 2.45) is 0 Å². The van der Waals surface area contributed by atoms with E-state index < -0.39 is 5.97 Å². The van der Waals surface area contributed by atoms with Crippen LogP contribution in [0.5, 0.6) is 0 Å². The molecule has 0 aliphatic rings. The molecule has 0 saturated carbocycles. The molecule has 0 aliphatic carbocycles. The summed E-state index contributed by atoms with van der Waals surface area (Å²) >= 11 is 1.52. The fourth-order valence-electron chi connectivity index (χ4n) is 2.37. The van der Waals surface area contributed by atoms with Gasteiger partial charge in [-0.15, -0.1) is 11.3 Å². The summed E-state index contributed by atoms with van der Waals surface area (Å²) in [5, 5.41) is 4.72. The van der Waals surface area contributed by atoms with Crippen LogP contribution >= 0.6 is 11.3 Å². The van der Waals surface area contributed by atoms with Crippen LogP contribution in [-0.4, -0.2) is 18.5 Å². The van der Waals surface area contributed by atoms with Crippen LogP contribution in [0.15, 0.2) is 78.2 Å². The minimum atomic E-state index is -0.551. The highest BCUT2D eigenvalue weighted by Crippen LogP contribution is 2.27. The fourth-order valence-corrected chi connectivity index (χ4v) is 2.99. The average molecular weight is 363 g/mol. The first-order valence-corrected chi connectivity index (χ1v) is 8.93. The van der Waals surface area contributed by atoms with Gasteiger partial charge in [-0.05, 0) is 29.2 Å². The second kappa shape index (κ2) is 8.78. The Morgan fingerprint density at radius 3 is 2.50 bits per heavy atom. The smallest absolute Gasteiger partial charge is 0.331 e. The topological polar surface area (TPSA) is 55.4 Å². The first kappa shape index (κ1) is 17.6. The maximum absolute atomic E-state index is 12.1. The van der Waals surface area contributed by atoms with E-state index in [-0.39, 0.29) is 12.5 Å². The van der Waals surface area contributed by atoms with Crippen LogP contribution in [0.25, 0.3) is 17.2 Å². The molecular weight excluding hydrogens is 346 g/mol. The minimum absolute atomic E-state index is 0.337. The van der Waals surface area contributed by atoms with Crippen molar-refractivity contribution in [3.8, 4) is 11.1 Å². The third-order valence-electron chi connectivity index (χ3n) is 3.56. The van der Waals surface area contributed by atoms with Crippen LogP contribution in [0.4, 0.5) is 5.69 Å². The summed E-state index contributed by atoms with van der Waals surface area (Å²) in [6.07, 6.45) is 2.98. The van der Waals surface area contributed by atoms with Gasteiger partial charge < -0.3 is 10.1 Å². The third-order valence-corrected chi connectivity index (χ3v) is 4.40. The number of ether oxygens (including phenoxy) is 1. The Hall–Kier alpha value is -3.18. The minimum Gasteiger partial charge on any atom is -0.452 e. The van der Waals surface area contributed by atoms with Crippen LogP contribution in [0.1, 0.15) is 4.88 Å². The highest BCUT2D eigenvalue weighted by molar-refractivity contribution is 7.10. The SMILES string of the molecule is O=C(COC(=O)/C=C/c1cccs1)Nc1ccccc1-c1ccccc1. The molecule has 0 atom stereocenters. The number of carbonyl (C=O) groups is 2. The standard InChI is InChI=1S/C21H17NO3S/c23-20(15-25-21(24)13-12-17-9-6-14-26-17)22-19-11-5-4-10-18(19)16-7-2-1-3-8-16/h1-14H,15H2,(H,22,23)/b13-12+. The molecule has 2 aromatic carbocycles. The monoisotopic (exact) mass is 363 g/mol. The summed E-state index contributed by atoms with van der Waals surface area (Å²) in [5.74, 6) is -0.934. The molecule has 3 rings (SSSR count). The van der Waals surface area contributed by atoms with E-state index in [2.05, 4.69) is 5.32 Å². The molecule has 1 heterocycles. The maximum Gasteiger partial charge on any atom is 0.331 e. The highest BCUT2D eigenvalue weighted by Gasteiger charge is 2.09. The lowest BCUT2D eigenvalue weighted by molar-refractivity contribution is -0.142. The molecule has 5 heteroatoms. The van der Waals surface area contributed by atoms with Crippen molar-refractivity contribution in [1.29, 1.82) is 0 Å². The lowest BCUT2D eigenvalue weighted by Crippen LogP contribution is -2.20. The summed E-state index contributed by atoms with van der Waals surface area (Å²) in [7, 11) is 0. The number of hydrogen-bond donors (Lipinski definition) is 1. The van der Waals surface area contributed by atoms with Crippen LogP contribution in [0.3, 0.4) is 0 Å².